The average molecular weight is 521 g/mol. The third-order valence-electron chi connectivity index (χ3n) is 5.36. The molecule has 4 rings (SSSR count). The number of hydrogen-bond acceptors (Lipinski definition) is 6. The molecule has 13 heteroatoms. The Morgan fingerprint density at radius 1 is 1.27 bits per heavy atom. The van der Waals surface area contributed by atoms with Gasteiger partial charge in [0.25, 0.3) is 11.8 Å². The molecule has 0 radical (unpaired) electrons. The number of aromatic nitrogens is 4. The van der Waals surface area contributed by atoms with Crippen LogP contribution in [0, 0.1) is 0 Å². The van der Waals surface area contributed by atoms with Crippen molar-refractivity contribution in [2.75, 3.05) is 13.1 Å². The Bertz CT molecular complexity index is 1320. The van der Waals surface area contributed by atoms with Crippen molar-refractivity contribution in [1.82, 2.24) is 24.8 Å². The van der Waals surface area contributed by atoms with Crippen LogP contribution in [0.5, 0.6) is 5.88 Å². The van der Waals surface area contributed by atoms with Gasteiger partial charge in [-0.3, -0.25) is 4.79 Å². The number of alkyl halides is 4. The quantitative estimate of drug-likeness (QED) is 0.464. The summed E-state index contributed by atoms with van der Waals surface area (Å²) in [5.41, 5.74) is 2.56. The number of H-pyrrole nitrogens is 1. The molecule has 37 heavy (non-hydrogen) atoms. The fraction of sp³-hybridized carbons (Fsp3) is 0.292. The second-order valence-electron chi connectivity index (χ2n) is 8.09. The molecule has 3 aromatic heterocycles. The Morgan fingerprint density at radius 2 is 1.97 bits per heavy atom. The number of imidazole rings is 1. The van der Waals surface area contributed by atoms with Crippen molar-refractivity contribution in [2.45, 2.75) is 31.3 Å². The molecule has 2 N–H and O–H groups in total. The number of aromatic amines is 1. The first kappa shape index (κ1) is 27.3. The van der Waals surface area contributed by atoms with Gasteiger partial charge in [0.1, 0.15) is 0 Å². The molecule has 1 aliphatic rings. The summed E-state index contributed by atoms with van der Waals surface area (Å²) in [6, 6.07) is 4.77. The van der Waals surface area contributed by atoms with Gasteiger partial charge in [-0.25, -0.2) is 28.5 Å². The van der Waals surface area contributed by atoms with Crippen molar-refractivity contribution in [2.24, 2.45) is 0 Å². The van der Waals surface area contributed by atoms with Gasteiger partial charge in [0, 0.05) is 32.2 Å². The highest BCUT2D eigenvalue weighted by atomic mass is 19.3. The van der Waals surface area contributed by atoms with E-state index < -0.39 is 36.2 Å². The largest absolute Gasteiger partial charge is 0.477 e. The second-order valence-corrected chi connectivity index (χ2v) is 8.09. The molecule has 9 nitrogen and oxygen atoms in total. The zero-order valence-corrected chi connectivity index (χ0v) is 19.6. The maximum atomic E-state index is 14.5. The Balaban J connectivity index is 0.000000479. The van der Waals surface area contributed by atoms with Gasteiger partial charge in [0.05, 0.1) is 29.6 Å². The molecule has 1 amide bonds. The number of aliphatic carboxylic acids is 1. The number of carbonyl (C=O) groups is 2. The van der Waals surface area contributed by atoms with E-state index in [2.05, 4.69) is 33.1 Å². The minimum atomic E-state index is -3.58. The van der Waals surface area contributed by atoms with Crippen LogP contribution < -0.4 is 4.74 Å². The third kappa shape index (κ3) is 6.48. The van der Waals surface area contributed by atoms with E-state index in [0.717, 1.165) is 0 Å². The summed E-state index contributed by atoms with van der Waals surface area (Å²) in [6.45, 7) is 7.30. The van der Waals surface area contributed by atoms with E-state index in [9.17, 15) is 27.2 Å². The van der Waals surface area contributed by atoms with Crippen molar-refractivity contribution < 1.29 is 37.0 Å². The zero-order chi connectivity index (χ0) is 27.4. The number of pyridine rings is 2. The lowest BCUT2D eigenvalue weighted by Gasteiger charge is -2.37. The van der Waals surface area contributed by atoms with E-state index in [-0.39, 0.29) is 24.5 Å². The average Bonchev–Trinajstić information content (AvgIpc) is 3.32. The first-order chi connectivity index (χ1) is 17.4. The Hall–Kier alpha value is -4.29. The monoisotopic (exact) mass is 521 g/mol. The summed E-state index contributed by atoms with van der Waals surface area (Å²) < 4.78 is 57.1. The molecular weight excluding hydrogens is 498 g/mol. The number of fused-ring (bicyclic) bond motifs is 1. The molecule has 1 saturated heterocycles. The van der Waals surface area contributed by atoms with Gasteiger partial charge in [0.2, 0.25) is 5.88 Å². The Kier molecular flexibility index (Phi) is 7.94. The summed E-state index contributed by atoms with van der Waals surface area (Å²) in [7, 11) is 0. The molecule has 1 fully saturated rings. The van der Waals surface area contributed by atoms with Gasteiger partial charge in [-0.15, -0.1) is 0 Å². The lowest BCUT2D eigenvalue weighted by Crippen LogP contribution is -2.55. The smallest absolute Gasteiger partial charge is 0.374 e. The summed E-state index contributed by atoms with van der Waals surface area (Å²) in [5.74, 6) is -9.14. The molecule has 3 aromatic rings. The number of piperidine rings is 1. The van der Waals surface area contributed by atoms with E-state index >= 15 is 0 Å². The second kappa shape index (κ2) is 10.8. The van der Waals surface area contributed by atoms with Gasteiger partial charge in [-0.1, -0.05) is 19.2 Å². The van der Waals surface area contributed by atoms with Crippen LogP contribution >= 0.6 is 0 Å². The minimum Gasteiger partial charge on any atom is -0.477 e. The molecule has 0 aliphatic carbocycles. The van der Waals surface area contributed by atoms with Crippen LogP contribution in [0.3, 0.4) is 0 Å². The van der Waals surface area contributed by atoms with Crippen molar-refractivity contribution >= 4 is 35.2 Å². The lowest BCUT2D eigenvalue weighted by molar-refractivity contribution is -0.161. The number of nitrogens with one attached hydrogen (secondary N) is 1. The zero-order valence-electron chi connectivity index (χ0n) is 19.6. The standard InChI is InChI=1S/C21H19F2N5O2.C3H4F2O2/c1-3-13-5-6-18(27-15(13)4-2)30-17-11-28(8-7-21(17,22)23)20(29)14-9-16-19(24-10-14)26-12-25-16;1-3(4,5)2(6)7/h3-6,9-10,12,17H,1-2,7-8,11H2,(H,24,25,26);1H3,(H,6,7). The van der Waals surface area contributed by atoms with Crippen LogP contribution in [-0.2, 0) is 4.79 Å². The summed E-state index contributed by atoms with van der Waals surface area (Å²) >= 11 is 0. The van der Waals surface area contributed by atoms with Gasteiger partial charge in [0.15, 0.2) is 11.8 Å². The fourth-order valence-corrected chi connectivity index (χ4v) is 3.32. The number of rotatable bonds is 6. The maximum Gasteiger partial charge on any atom is 0.374 e. The van der Waals surface area contributed by atoms with E-state index in [1.165, 1.54) is 29.6 Å². The lowest BCUT2D eigenvalue weighted by atomic mass is 10.0. The summed E-state index contributed by atoms with van der Waals surface area (Å²) in [6.07, 6.45) is 3.91. The van der Waals surface area contributed by atoms with Crippen LogP contribution in [-0.4, -0.2) is 72.9 Å². The van der Waals surface area contributed by atoms with E-state index in [0.29, 0.717) is 29.3 Å². The molecule has 4 heterocycles. The molecule has 0 aromatic carbocycles. The minimum absolute atomic E-state index is 0.0371. The number of amides is 1. The highest BCUT2D eigenvalue weighted by Gasteiger charge is 2.47. The van der Waals surface area contributed by atoms with Crippen molar-refractivity contribution in [3.8, 4) is 5.88 Å². The van der Waals surface area contributed by atoms with Gasteiger partial charge < -0.3 is 19.7 Å². The maximum absolute atomic E-state index is 14.5. The summed E-state index contributed by atoms with van der Waals surface area (Å²) in [4.78, 5) is 38.7. The third-order valence-corrected chi connectivity index (χ3v) is 5.36. The van der Waals surface area contributed by atoms with Gasteiger partial charge in [-0.05, 0) is 23.8 Å². The number of halogens is 4. The molecular formula is C24H23F4N5O4. The Labute approximate surface area is 208 Å². The van der Waals surface area contributed by atoms with Gasteiger partial charge in [-0.2, -0.15) is 8.78 Å². The first-order valence-corrected chi connectivity index (χ1v) is 10.9. The number of ether oxygens (including phenoxy) is 1. The molecule has 1 aliphatic heterocycles. The number of carbonyl (C=O) groups excluding carboxylic acids is 1. The number of likely N-dealkylation sites (tertiary alicyclic amines) is 1. The van der Waals surface area contributed by atoms with Crippen LogP contribution in [0.2, 0.25) is 0 Å². The van der Waals surface area contributed by atoms with Crippen LogP contribution in [0.1, 0.15) is 35.0 Å². The molecule has 1 atom stereocenters. The van der Waals surface area contributed by atoms with Crippen LogP contribution in [0.15, 0.2) is 43.9 Å². The number of carboxylic acids is 1. The number of hydrogen-bond donors (Lipinski definition) is 2. The van der Waals surface area contributed by atoms with E-state index in [4.69, 9.17) is 9.84 Å². The normalized spacial score (nSPS) is 16.9. The van der Waals surface area contributed by atoms with Gasteiger partial charge >= 0.3 is 11.9 Å². The molecule has 196 valence electrons. The fourth-order valence-electron chi connectivity index (χ4n) is 3.32. The van der Waals surface area contributed by atoms with Crippen molar-refractivity contribution in [3.05, 3.63) is 60.7 Å². The predicted molar refractivity (Wildman–Crippen MR) is 126 cm³/mol. The molecule has 1 unspecified atom stereocenters. The molecule has 0 bridgehead atoms. The highest BCUT2D eigenvalue weighted by Crippen LogP contribution is 2.32. The number of carboxylic acid groups (broad SMARTS) is 1. The van der Waals surface area contributed by atoms with Crippen molar-refractivity contribution in [3.63, 3.8) is 0 Å². The van der Waals surface area contributed by atoms with E-state index in [1.807, 2.05) is 0 Å². The SMILES string of the molecule is C=Cc1ccc(OC2CN(C(=O)c3cnc4nc[nH]c4c3)CCC2(F)F)nc1C=C.CC(F)(F)C(=O)O. The Morgan fingerprint density at radius 3 is 2.59 bits per heavy atom. The highest BCUT2D eigenvalue weighted by molar-refractivity contribution is 5.96. The summed E-state index contributed by atoms with van der Waals surface area (Å²) in [5, 5.41) is 7.50. The predicted octanol–water partition coefficient (Wildman–Crippen LogP) is 4.29. The number of nitrogens with zero attached hydrogens (tertiary/aromatic N) is 4. The van der Waals surface area contributed by atoms with E-state index in [1.54, 1.807) is 18.2 Å². The van der Waals surface area contributed by atoms with Crippen LogP contribution in [0.25, 0.3) is 23.3 Å². The van der Waals surface area contributed by atoms with Crippen molar-refractivity contribution in [1.29, 1.82) is 0 Å². The van der Waals surface area contributed by atoms with Crippen LogP contribution in [0.4, 0.5) is 17.6 Å². The molecule has 0 saturated carbocycles. The first-order valence-electron chi connectivity index (χ1n) is 10.9. The topological polar surface area (TPSA) is 121 Å². The molecule has 0 spiro atoms.